The molecule has 1 aliphatic heterocycles. The van der Waals surface area contributed by atoms with Crippen LogP contribution in [0.4, 0.5) is 14.7 Å². The van der Waals surface area contributed by atoms with Crippen LogP contribution in [0.15, 0.2) is 6.33 Å². The second-order valence-corrected chi connectivity index (χ2v) is 8.75. The maximum absolute atomic E-state index is 15.3. The zero-order valence-electron chi connectivity index (χ0n) is 16.9. The van der Waals surface area contributed by atoms with Crippen LogP contribution in [-0.4, -0.2) is 55.3 Å². The van der Waals surface area contributed by atoms with Gasteiger partial charge in [0.2, 0.25) is 17.7 Å². The number of ether oxygens (including phenoxy) is 2. The summed E-state index contributed by atoms with van der Waals surface area (Å²) in [6, 6.07) is 0. The monoisotopic (exact) mass is 451 g/mol. The van der Waals surface area contributed by atoms with E-state index >= 15 is 8.78 Å². The molecule has 4 unspecified atom stereocenters. The normalized spacial score (nSPS) is 28.9. The fourth-order valence-corrected chi connectivity index (χ4v) is 4.14. The smallest absolute Gasteiger partial charge is 0.472 e. The minimum atomic E-state index is -4.54. The standard InChI is InChI=1S/C16H24F2N5O6P/c1-5-26-12-10-11(21-14(19)22-12)23(8-20-10)13-15(4,17)6-16(18,28-13)7-27-30(24,25)29-9(2)3/h8-9,13H,5-7H2,1-4H3,(H,24,25)(H2,19,21,22). The van der Waals surface area contributed by atoms with Gasteiger partial charge in [-0.2, -0.15) is 9.97 Å². The van der Waals surface area contributed by atoms with E-state index < -0.39 is 44.7 Å². The zero-order chi connectivity index (χ0) is 22.3. The number of anilines is 1. The average molecular weight is 451 g/mol. The SMILES string of the molecule is CCOc1nc(N)nc2c1ncn2C1OC(F)(COP(=O)(O)OC(C)C)CC1(C)F. The van der Waals surface area contributed by atoms with Gasteiger partial charge in [-0.1, -0.05) is 0 Å². The van der Waals surface area contributed by atoms with Gasteiger partial charge in [0.25, 0.3) is 0 Å². The summed E-state index contributed by atoms with van der Waals surface area (Å²) in [5.74, 6) is -2.75. The van der Waals surface area contributed by atoms with Crippen molar-refractivity contribution in [2.45, 2.75) is 58.0 Å². The van der Waals surface area contributed by atoms with E-state index in [1.165, 1.54) is 24.7 Å². The van der Waals surface area contributed by atoms with Crippen LogP contribution in [0.3, 0.4) is 0 Å². The lowest BCUT2D eigenvalue weighted by atomic mass is 10.0. The molecule has 0 amide bonds. The fraction of sp³-hybridized carbons (Fsp3) is 0.688. The van der Waals surface area contributed by atoms with Gasteiger partial charge in [0.05, 0.1) is 19.0 Å². The van der Waals surface area contributed by atoms with Gasteiger partial charge in [0.15, 0.2) is 23.1 Å². The number of fused-ring (bicyclic) bond motifs is 1. The number of hydrogen-bond donors (Lipinski definition) is 2. The maximum Gasteiger partial charge on any atom is 0.472 e. The summed E-state index contributed by atoms with van der Waals surface area (Å²) in [5.41, 5.74) is 3.73. The molecule has 1 aliphatic rings. The number of imidazole rings is 1. The minimum absolute atomic E-state index is 0.0842. The molecule has 0 bridgehead atoms. The maximum atomic E-state index is 15.3. The molecule has 1 saturated heterocycles. The Bertz CT molecular complexity index is 973. The highest BCUT2D eigenvalue weighted by atomic mass is 31.2. The molecule has 168 valence electrons. The number of nitrogens with zero attached hydrogens (tertiary/aromatic N) is 4. The van der Waals surface area contributed by atoms with Gasteiger partial charge >= 0.3 is 7.82 Å². The Morgan fingerprint density at radius 3 is 2.80 bits per heavy atom. The highest BCUT2D eigenvalue weighted by Gasteiger charge is 2.57. The quantitative estimate of drug-likeness (QED) is 0.575. The number of rotatable bonds is 8. The van der Waals surface area contributed by atoms with Crippen LogP contribution in [0.25, 0.3) is 11.2 Å². The van der Waals surface area contributed by atoms with Crippen molar-refractivity contribution in [2.24, 2.45) is 0 Å². The third-order valence-electron chi connectivity index (χ3n) is 4.18. The second-order valence-electron chi connectivity index (χ2n) is 7.35. The van der Waals surface area contributed by atoms with Gasteiger partial charge in [-0.25, -0.2) is 18.3 Å². The van der Waals surface area contributed by atoms with E-state index in [2.05, 4.69) is 19.5 Å². The van der Waals surface area contributed by atoms with Crippen molar-refractivity contribution < 1.29 is 36.8 Å². The first-order valence-electron chi connectivity index (χ1n) is 9.20. The molecule has 0 aromatic carbocycles. The van der Waals surface area contributed by atoms with Gasteiger partial charge < -0.3 is 20.1 Å². The van der Waals surface area contributed by atoms with Crippen molar-refractivity contribution in [3.05, 3.63) is 6.33 Å². The lowest BCUT2D eigenvalue weighted by molar-refractivity contribution is -0.179. The van der Waals surface area contributed by atoms with E-state index in [1.54, 1.807) is 6.92 Å². The number of phosphoric acid groups is 1. The van der Waals surface area contributed by atoms with Crippen molar-refractivity contribution in [3.63, 3.8) is 0 Å². The highest BCUT2D eigenvalue weighted by molar-refractivity contribution is 7.47. The largest absolute Gasteiger partial charge is 0.476 e. The molecule has 2 aromatic heterocycles. The molecule has 3 heterocycles. The second kappa shape index (κ2) is 7.97. The van der Waals surface area contributed by atoms with Crippen LogP contribution in [0, 0.1) is 0 Å². The van der Waals surface area contributed by atoms with E-state index in [-0.39, 0.29) is 29.6 Å². The van der Waals surface area contributed by atoms with Crippen molar-refractivity contribution in [1.82, 2.24) is 19.5 Å². The van der Waals surface area contributed by atoms with Crippen LogP contribution < -0.4 is 10.5 Å². The Kier molecular flexibility index (Phi) is 6.04. The number of nitrogen functional groups attached to an aromatic ring is 1. The molecule has 1 fully saturated rings. The van der Waals surface area contributed by atoms with Crippen LogP contribution in [0.1, 0.15) is 40.3 Å². The van der Waals surface area contributed by atoms with E-state index in [0.717, 1.165) is 6.92 Å². The first kappa shape index (κ1) is 22.8. The predicted octanol–water partition coefficient (Wildman–Crippen LogP) is 2.66. The first-order chi connectivity index (χ1) is 13.9. The third kappa shape index (κ3) is 4.70. The Hall–Kier alpha value is -1.92. The number of hydrogen-bond acceptors (Lipinski definition) is 9. The average Bonchev–Trinajstić information content (AvgIpc) is 3.10. The summed E-state index contributed by atoms with van der Waals surface area (Å²) in [6.45, 7) is 5.14. The molecular formula is C16H24F2N5O6P. The van der Waals surface area contributed by atoms with Gasteiger partial charge in [0, 0.05) is 6.42 Å². The number of phosphoric ester groups is 1. The molecule has 30 heavy (non-hydrogen) atoms. The molecule has 0 radical (unpaired) electrons. The number of nitrogens with two attached hydrogens (primary N) is 1. The topological polar surface area (TPSA) is 144 Å². The molecule has 3 N–H and O–H groups in total. The molecule has 0 spiro atoms. The van der Waals surface area contributed by atoms with Gasteiger partial charge in [-0.15, -0.1) is 0 Å². The van der Waals surface area contributed by atoms with Crippen LogP contribution in [-0.2, 0) is 18.3 Å². The Balaban J connectivity index is 1.88. The molecule has 14 heteroatoms. The number of aromatic nitrogens is 4. The Morgan fingerprint density at radius 1 is 1.47 bits per heavy atom. The number of alkyl halides is 2. The van der Waals surface area contributed by atoms with Crippen molar-refractivity contribution in [2.75, 3.05) is 18.9 Å². The van der Waals surface area contributed by atoms with Crippen molar-refractivity contribution >= 4 is 24.9 Å². The molecular weight excluding hydrogens is 427 g/mol. The molecule has 0 aliphatic carbocycles. The molecule has 11 nitrogen and oxygen atoms in total. The Labute approximate surface area is 171 Å². The van der Waals surface area contributed by atoms with E-state index in [4.69, 9.17) is 19.7 Å². The van der Waals surface area contributed by atoms with E-state index in [9.17, 15) is 9.46 Å². The van der Waals surface area contributed by atoms with Crippen LogP contribution in [0.5, 0.6) is 5.88 Å². The van der Waals surface area contributed by atoms with Crippen LogP contribution in [0.2, 0.25) is 0 Å². The lowest BCUT2D eigenvalue weighted by Gasteiger charge is -2.23. The summed E-state index contributed by atoms with van der Waals surface area (Å²) in [4.78, 5) is 21.7. The minimum Gasteiger partial charge on any atom is -0.476 e. The van der Waals surface area contributed by atoms with Crippen molar-refractivity contribution in [1.29, 1.82) is 0 Å². The summed E-state index contributed by atoms with van der Waals surface area (Å²) in [5, 5.41) is 0. The zero-order valence-corrected chi connectivity index (χ0v) is 17.8. The van der Waals surface area contributed by atoms with Crippen molar-refractivity contribution in [3.8, 4) is 5.88 Å². The molecule has 4 atom stereocenters. The third-order valence-corrected chi connectivity index (χ3v) is 5.32. The van der Waals surface area contributed by atoms with Gasteiger partial charge in [-0.3, -0.25) is 13.6 Å². The molecule has 0 saturated carbocycles. The first-order valence-corrected chi connectivity index (χ1v) is 10.7. The van der Waals surface area contributed by atoms with Gasteiger partial charge in [0.1, 0.15) is 6.61 Å². The van der Waals surface area contributed by atoms with Crippen LogP contribution >= 0.6 is 7.82 Å². The fourth-order valence-electron chi connectivity index (χ4n) is 3.19. The summed E-state index contributed by atoms with van der Waals surface area (Å²) >= 11 is 0. The Morgan fingerprint density at radius 2 is 2.17 bits per heavy atom. The summed E-state index contributed by atoms with van der Waals surface area (Å²) in [7, 11) is -4.54. The lowest BCUT2D eigenvalue weighted by Crippen LogP contribution is -2.29. The summed E-state index contributed by atoms with van der Waals surface area (Å²) < 4.78 is 63.6. The number of halogens is 2. The summed E-state index contributed by atoms with van der Waals surface area (Å²) in [6.07, 6.45) is -1.72. The predicted molar refractivity (Wildman–Crippen MR) is 101 cm³/mol. The van der Waals surface area contributed by atoms with E-state index in [1.807, 2.05) is 0 Å². The molecule has 2 aromatic rings. The molecule has 3 rings (SSSR count). The van der Waals surface area contributed by atoms with E-state index in [0.29, 0.717) is 0 Å². The van der Waals surface area contributed by atoms with Gasteiger partial charge in [-0.05, 0) is 27.7 Å². The highest BCUT2D eigenvalue weighted by Crippen LogP contribution is 2.51.